The molecule has 1 aliphatic rings. The Hall–Kier alpha value is -2.94. The highest BCUT2D eigenvalue weighted by atomic mass is 32.2. The molecule has 30 heavy (non-hydrogen) atoms. The Kier molecular flexibility index (Phi) is 5.12. The van der Waals surface area contributed by atoms with Gasteiger partial charge in [0, 0.05) is 36.4 Å². The molecule has 1 unspecified atom stereocenters. The number of aromatic amines is 1. The van der Waals surface area contributed by atoms with Crippen molar-refractivity contribution in [1.82, 2.24) is 20.2 Å². The molecule has 0 spiro atoms. The molecule has 8 heteroatoms. The van der Waals surface area contributed by atoms with Gasteiger partial charge in [-0.1, -0.05) is 12.1 Å². The fraction of sp³-hybridized carbons (Fsp3) is 0.227. The predicted octanol–water partition coefficient (Wildman–Crippen LogP) is 3.26. The molecule has 1 N–H and O–H groups in total. The number of hydrogen-bond donors (Lipinski definition) is 1. The number of H-pyrrole nitrogens is 1. The smallest absolute Gasteiger partial charge is 0.160 e. The van der Waals surface area contributed by atoms with Crippen LogP contribution in [0.1, 0.15) is 0 Å². The SMILES string of the molecule is C[S+]([O-])c1ccccc1-c1cc(N2CCOCC2)nc2c(-c3cc[nH]n3)nccc12. The molecule has 7 nitrogen and oxygen atoms in total. The Morgan fingerprint density at radius 1 is 1.10 bits per heavy atom. The molecule has 0 saturated carbocycles. The molecular formula is C22H21N5O2S. The van der Waals surface area contributed by atoms with E-state index >= 15 is 0 Å². The fourth-order valence-electron chi connectivity index (χ4n) is 3.83. The minimum absolute atomic E-state index is 0.671. The van der Waals surface area contributed by atoms with Crippen LogP contribution < -0.4 is 4.90 Å². The maximum Gasteiger partial charge on any atom is 0.160 e. The lowest BCUT2D eigenvalue weighted by Gasteiger charge is -2.28. The first-order valence-electron chi connectivity index (χ1n) is 9.78. The summed E-state index contributed by atoms with van der Waals surface area (Å²) in [6.07, 6.45) is 5.26. The average molecular weight is 420 g/mol. The third-order valence-electron chi connectivity index (χ3n) is 5.28. The van der Waals surface area contributed by atoms with Gasteiger partial charge in [-0.15, -0.1) is 0 Å². The van der Waals surface area contributed by atoms with Gasteiger partial charge < -0.3 is 14.2 Å². The molecule has 0 amide bonds. The lowest BCUT2D eigenvalue weighted by atomic mass is 10.00. The largest absolute Gasteiger partial charge is 0.612 e. The third-order valence-corrected chi connectivity index (χ3v) is 6.25. The number of hydrogen-bond acceptors (Lipinski definition) is 6. The highest BCUT2D eigenvalue weighted by Gasteiger charge is 2.21. The fourth-order valence-corrected chi connectivity index (χ4v) is 4.59. The van der Waals surface area contributed by atoms with Gasteiger partial charge >= 0.3 is 0 Å². The Balaban J connectivity index is 1.80. The lowest BCUT2D eigenvalue weighted by Crippen LogP contribution is -2.36. The van der Waals surface area contributed by atoms with E-state index in [1.54, 1.807) is 18.6 Å². The van der Waals surface area contributed by atoms with Crippen molar-refractivity contribution in [2.45, 2.75) is 4.90 Å². The summed E-state index contributed by atoms with van der Waals surface area (Å²) in [6, 6.07) is 13.8. The number of fused-ring (bicyclic) bond motifs is 1. The quantitative estimate of drug-likeness (QED) is 0.511. The zero-order valence-corrected chi connectivity index (χ0v) is 17.4. The number of pyridine rings is 2. The van der Waals surface area contributed by atoms with E-state index in [1.807, 2.05) is 36.4 Å². The van der Waals surface area contributed by atoms with E-state index in [2.05, 4.69) is 26.1 Å². The number of benzene rings is 1. The molecule has 1 saturated heterocycles. The van der Waals surface area contributed by atoms with Gasteiger partial charge in [0.15, 0.2) is 4.90 Å². The Morgan fingerprint density at radius 2 is 1.93 bits per heavy atom. The molecule has 1 fully saturated rings. The minimum Gasteiger partial charge on any atom is -0.612 e. The zero-order valence-electron chi connectivity index (χ0n) is 16.5. The first-order valence-corrected chi connectivity index (χ1v) is 11.3. The summed E-state index contributed by atoms with van der Waals surface area (Å²) in [5, 5.41) is 8.13. The van der Waals surface area contributed by atoms with Gasteiger partial charge in [0.1, 0.15) is 29.0 Å². The molecule has 4 aromatic rings. The van der Waals surface area contributed by atoms with Crippen molar-refractivity contribution < 1.29 is 9.29 Å². The zero-order chi connectivity index (χ0) is 20.5. The van der Waals surface area contributed by atoms with Gasteiger partial charge in [-0.25, -0.2) is 4.98 Å². The van der Waals surface area contributed by atoms with Crippen LogP contribution in [0.25, 0.3) is 33.4 Å². The number of nitrogens with one attached hydrogen (secondary N) is 1. The van der Waals surface area contributed by atoms with E-state index in [-0.39, 0.29) is 0 Å². The molecule has 1 aromatic carbocycles. The van der Waals surface area contributed by atoms with E-state index in [9.17, 15) is 4.55 Å². The molecule has 0 aliphatic carbocycles. The van der Waals surface area contributed by atoms with Crippen LogP contribution in [0.5, 0.6) is 0 Å². The predicted molar refractivity (Wildman–Crippen MR) is 118 cm³/mol. The van der Waals surface area contributed by atoms with Gasteiger partial charge in [-0.2, -0.15) is 5.10 Å². The molecule has 0 radical (unpaired) electrons. The molecule has 3 aromatic heterocycles. The number of ether oxygens (including phenoxy) is 1. The first-order chi connectivity index (χ1) is 14.7. The lowest BCUT2D eigenvalue weighted by molar-refractivity contribution is 0.122. The molecule has 5 rings (SSSR count). The number of nitrogens with zero attached hydrogens (tertiary/aromatic N) is 4. The Morgan fingerprint density at radius 3 is 2.70 bits per heavy atom. The summed E-state index contributed by atoms with van der Waals surface area (Å²) in [4.78, 5) is 12.6. The van der Waals surface area contributed by atoms with Crippen LogP contribution in [-0.4, -0.2) is 57.3 Å². The molecule has 1 atom stereocenters. The van der Waals surface area contributed by atoms with Crippen LogP contribution in [0.15, 0.2) is 59.8 Å². The first kappa shape index (κ1) is 19.0. The van der Waals surface area contributed by atoms with E-state index in [4.69, 9.17) is 9.72 Å². The van der Waals surface area contributed by atoms with Crippen molar-refractivity contribution >= 4 is 27.9 Å². The van der Waals surface area contributed by atoms with Gasteiger partial charge in [0.2, 0.25) is 0 Å². The van der Waals surface area contributed by atoms with E-state index in [0.29, 0.717) is 13.2 Å². The topological polar surface area (TPSA) is 90.0 Å². The molecule has 0 bridgehead atoms. The van der Waals surface area contributed by atoms with Crippen molar-refractivity contribution in [3.63, 3.8) is 0 Å². The number of aromatic nitrogens is 4. The van der Waals surface area contributed by atoms with E-state index in [0.717, 1.165) is 57.2 Å². The highest BCUT2D eigenvalue weighted by Crippen LogP contribution is 2.37. The van der Waals surface area contributed by atoms with E-state index < -0.39 is 11.2 Å². The molecule has 152 valence electrons. The van der Waals surface area contributed by atoms with E-state index in [1.165, 1.54) is 0 Å². The summed E-state index contributed by atoms with van der Waals surface area (Å²) < 4.78 is 18.0. The molecule has 1 aliphatic heterocycles. The average Bonchev–Trinajstić information content (AvgIpc) is 3.33. The van der Waals surface area contributed by atoms with Crippen molar-refractivity contribution in [3.05, 3.63) is 54.9 Å². The monoisotopic (exact) mass is 419 g/mol. The second-order valence-electron chi connectivity index (χ2n) is 7.09. The van der Waals surface area contributed by atoms with Crippen molar-refractivity contribution in [1.29, 1.82) is 0 Å². The van der Waals surface area contributed by atoms with Crippen LogP contribution in [0, 0.1) is 0 Å². The highest BCUT2D eigenvalue weighted by molar-refractivity contribution is 7.90. The number of morpholine rings is 1. The second kappa shape index (κ2) is 8.06. The van der Waals surface area contributed by atoms with Gasteiger partial charge in [0.25, 0.3) is 0 Å². The summed E-state index contributed by atoms with van der Waals surface area (Å²) >= 11 is -1.12. The summed E-state index contributed by atoms with van der Waals surface area (Å²) in [5.74, 6) is 0.863. The normalized spacial score (nSPS) is 15.5. The maximum atomic E-state index is 12.5. The van der Waals surface area contributed by atoms with Crippen molar-refractivity contribution in [3.8, 4) is 22.5 Å². The maximum absolute atomic E-state index is 12.5. The second-order valence-corrected chi connectivity index (χ2v) is 8.44. The van der Waals surface area contributed by atoms with Crippen LogP contribution in [0.3, 0.4) is 0 Å². The van der Waals surface area contributed by atoms with Crippen LogP contribution >= 0.6 is 0 Å². The standard InChI is InChI=1S/C22H21N5O2S/c1-30(28)19-5-3-2-4-15(19)17-14-20(27-10-12-29-13-11-27)25-21-16(17)6-8-23-22(21)18-7-9-24-26-18/h2-9,14H,10-13H2,1H3,(H,24,26). The van der Waals surface area contributed by atoms with Crippen molar-refractivity contribution in [2.24, 2.45) is 0 Å². The van der Waals surface area contributed by atoms with Crippen LogP contribution in [-0.2, 0) is 15.9 Å². The van der Waals surface area contributed by atoms with Gasteiger partial charge in [-0.05, 0) is 47.1 Å². The van der Waals surface area contributed by atoms with Crippen LogP contribution in [0.4, 0.5) is 5.82 Å². The number of rotatable bonds is 4. The summed E-state index contributed by atoms with van der Waals surface area (Å²) in [7, 11) is 0. The van der Waals surface area contributed by atoms with Crippen LogP contribution in [0.2, 0.25) is 0 Å². The number of anilines is 1. The third kappa shape index (κ3) is 3.43. The Labute approximate surface area is 177 Å². The Bertz CT molecular complexity index is 1170. The van der Waals surface area contributed by atoms with Gasteiger partial charge in [-0.3, -0.25) is 10.1 Å². The minimum atomic E-state index is -1.12. The molecule has 4 heterocycles. The van der Waals surface area contributed by atoms with Gasteiger partial charge in [0.05, 0.1) is 13.2 Å². The summed E-state index contributed by atoms with van der Waals surface area (Å²) in [5.41, 5.74) is 4.18. The van der Waals surface area contributed by atoms with Crippen molar-refractivity contribution in [2.75, 3.05) is 37.5 Å². The summed E-state index contributed by atoms with van der Waals surface area (Å²) in [6.45, 7) is 2.89. The molecular weight excluding hydrogens is 398 g/mol.